The summed E-state index contributed by atoms with van der Waals surface area (Å²) in [4.78, 5) is 17.7. The summed E-state index contributed by atoms with van der Waals surface area (Å²) in [5.41, 5.74) is 3.37. The lowest BCUT2D eigenvalue weighted by Crippen LogP contribution is -2.23. The number of hydrogen-bond acceptors (Lipinski definition) is 4. The summed E-state index contributed by atoms with van der Waals surface area (Å²) in [6, 6.07) is 5.54. The van der Waals surface area contributed by atoms with Gasteiger partial charge in [0.05, 0.1) is 12.1 Å². The summed E-state index contributed by atoms with van der Waals surface area (Å²) in [6.45, 7) is 2.43. The van der Waals surface area contributed by atoms with Crippen LogP contribution in [-0.2, 0) is 6.54 Å². The minimum Gasteiger partial charge on any atom is -0.347 e. The normalized spacial score (nSPS) is 10.2. The van der Waals surface area contributed by atoms with E-state index in [-0.39, 0.29) is 5.91 Å². The third kappa shape index (κ3) is 3.08. The first-order chi connectivity index (χ1) is 8.16. The Balaban J connectivity index is 2.07. The Hall–Kier alpha value is -1.33. The molecule has 1 aromatic carbocycles. The van der Waals surface area contributed by atoms with E-state index in [1.165, 1.54) is 11.3 Å². The van der Waals surface area contributed by atoms with Crippen molar-refractivity contribution >= 4 is 29.9 Å². The second-order valence-corrected chi connectivity index (χ2v) is 5.14. The smallest absolute Gasteiger partial charge is 0.251 e. The number of carbonyl (C=O) groups is 1. The maximum Gasteiger partial charge on any atom is 0.251 e. The van der Waals surface area contributed by atoms with Crippen LogP contribution in [-0.4, -0.2) is 10.9 Å². The van der Waals surface area contributed by atoms with Crippen molar-refractivity contribution in [1.29, 1.82) is 0 Å². The van der Waals surface area contributed by atoms with Crippen molar-refractivity contribution in [3.05, 3.63) is 45.9 Å². The Morgan fingerprint density at radius 2 is 2.35 bits per heavy atom. The molecule has 0 aliphatic carbocycles. The molecule has 0 aliphatic heterocycles. The molecule has 1 aromatic heterocycles. The van der Waals surface area contributed by atoms with Crippen molar-refractivity contribution in [2.75, 3.05) is 0 Å². The van der Waals surface area contributed by atoms with Crippen molar-refractivity contribution in [2.24, 2.45) is 0 Å². The number of thiazole rings is 1. The molecule has 0 atom stereocenters. The van der Waals surface area contributed by atoms with Crippen molar-refractivity contribution in [3.63, 3.8) is 0 Å². The van der Waals surface area contributed by atoms with E-state index in [4.69, 9.17) is 0 Å². The fourth-order valence-corrected chi connectivity index (χ4v) is 2.18. The van der Waals surface area contributed by atoms with Crippen LogP contribution in [0.5, 0.6) is 0 Å². The van der Waals surface area contributed by atoms with Crippen LogP contribution in [0.1, 0.15) is 20.8 Å². The molecule has 2 rings (SSSR count). The van der Waals surface area contributed by atoms with Gasteiger partial charge in [-0.15, -0.1) is 24.0 Å². The van der Waals surface area contributed by atoms with E-state index in [0.717, 1.165) is 15.3 Å². The average molecular weight is 264 g/mol. The van der Waals surface area contributed by atoms with Crippen molar-refractivity contribution in [2.45, 2.75) is 18.4 Å². The standard InChI is InChI=1S/C12H12N2OS2/c1-8-2-3-9(16)4-11(8)12(15)14-6-10-5-13-7-17-10/h2-5,7,16H,6H2,1H3,(H,14,15). The fourth-order valence-electron chi connectivity index (χ4n) is 1.45. The molecular formula is C12H12N2OS2. The number of benzene rings is 1. The van der Waals surface area contributed by atoms with Gasteiger partial charge in [-0.3, -0.25) is 9.78 Å². The third-order valence-electron chi connectivity index (χ3n) is 2.37. The number of hydrogen-bond donors (Lipinski definition) is 2. The Bertz CT molecular complexity index is 523. The van der Waals surface area contributed by atoms with Gasteiger partial charge in [0.1, 0.15) is 0 Å². The van der Waals surface area contributed by atoms with E-state index >= 15 is 0 Å². The number of aromatic nitrogens is 1. The van der Waals surface area contributed by atoms with E-state index < -0.39 is 0 Å². The number of nitrogens with zero attached hydrogens (tertiary/aromatic N) is 1. The predicted molar refractivity (Wildman–Crippen MR) is 71.7 cm³/mol. The topological polar surface area (TPSA) is 42.0 Å². The number of carbonyl (C=O) groups excluding carboxylic acids is 1. The van der Waals surface area contributed by atoms with Crippen molar-refractivity contribution in [3.8, 4) is 0 Å². The SMILES string of the molecule is Cc1ccc(S)cc1C(=O)NCc1cncs1. The van der Waals surface area contributed by atoms with E-state index in [1.807, 2.05) is 19.1 Å². The number of amides is 1. The highest BCUT2D eigenvalue weighted by Gasteiger charge is 2.09. The lowest BCUT2D eigenvalue weighted by molar-refractivity contribution is 0.0950. The van der Waals surface area contributed by atoms with Crippen LogP contribution in [0.25, 0.3) is 0 Å². The van der Waals surface area contributed by atoms with Crippen LogP contribution < -0.4 is 5.32 Å². The largest absolute Gasteiger partial charge is 0.347 e. The maximum absolute atomic E-state index is 12.0. The maximum atomic E-state index is 12.0. The van der Waals surface area contributed by atoms with Gasteiger partial charge in [0.2, 0.25) is 0 Å². The molecule has 0 bridgehead atoms. The van der Waals surface area contributed by atoms with E-state index in [1.54, 1.807) is 17.8 Å². The number of rotatable bonds is 3. The summed E-state index contributed by atoms with van der Waals surface area (Å²) < 4.78 is 0. The summed E-state index contributed by atoms with van der Waals surface area (Å²) >= 11 is 5.76. The van der Waals surface area contributed by atoms with E-state index in [0.29, 0.717) is 12.1 Å². The highest BCUT2D eigenvalue weighted by atomic mass is 32.1. The van der Waals surface area contributed by atoms with Crippen LogP contribution in [0.3, 0.4) is 0 Å². The van der Waals surface area contributed by atoms with Gasteiger partial charge in [0.15, 0.2) is 0 Å². The quantitative estimate of drug-likeness (QED) is 0.837. The molecule has 1 N–H and O–H groups in total. The van der Waals surface area contributed by atoms with Gasteiger partial charge < -0.3 is 5.32 Å². The first-order valence-electron chi connectivity index (χ1n) is 5.12. The van der Waals surface area contributed by atoms with Gasteiger partial charge in [0, 0.05) is 21.5 Å². The molecule has 0 unspecified atom stereocenters. The van der Waals surface area contributed by atoms with Crippen LogP contribution in [0.4, 0.5) is 0 Å². The summed E-state index contributed by atoms with van der Waals surface area (Å²) in [6.07, 6.45) is 1.76. The summed E-state index contributed by atoms with van der Waals surface area (Å²) in [5.74, 6) is -0.0770. The fraction of sp³-hybridized carbons (Fsp3) is 0.167. The first kappa shape index (κ1) is 12.1. The number of aryl methyl sites for hydroxylation is 1. The van der Waals surface area contributed by atoms with Crippen LogP contribution in [0.15, 0.2) is 34.8 Å². The zero-order valence-electron chi connectivity index (χ0n) is 9.30. The molecule has 17 heavy (non-hydrogen) atoms. The molecule has 0 spiro atoms. The lowest BCUT2D eigenvalue weighted by Gasteiger charge is -2.07. The molecule has 0 saturated heterocycles. The molecule has 0 fully saturated rings. The Morgan fingerprint density at radius 3 is 3.06 bits per heavy atom. The lowest BCUT2D eigenvalue weighted by atomic mass is 10.1. The zero-order valence-corrected chi connectivity index (χ0v) is 11.0. The first-order valence-corrected chi connectivity index (χ1v) is 6.44. The zero-order chi connectivity index (χ0) is 12.3. The predicted octanol–water partition coefficient (Wildman–Crippen LogP) is 2.67. The molecule has 2 aromatic rings. The molecule has 1 heterocycles. The minimum atomic E-state index is -0.0770. The average Bonchev–Trinajstić information content (AvgIpc) is 2.82. The van der Waals surface area contributed by atoms with Gasteiger partial charge in [-0.2, -0.15) is 0 Å². The molecule has 5 heteroatoms. The number of thiol groups is 1. The van der Waals surface area contributed by atoms with Crippen LogP contribution >= 0.6 is 24.0 Å². The molecule has 1 amide bonds. The van der Waals surface area contributed by atoms with Gasteiger partial charge in [-0.05, 0) is 24.6 Å². The van der Waals surface area contributed by atoms with Gasteiger partial charge in [-0.1, -0.05) is 6.07 Å². The molecule has 88 valence electrons. The summed E-state index contributed by atoms with van der Waals surface area (Å²) in [5, 5.41) is 2.87. The Labute approximate surface area is 109 Å². The third-order valence-corrected chi connectivity index (χ3v) is 3.43. The molecule has 0 saturated carbocycles. The monoisotopic (exact) mass is 264 g/mol. The summed E-state index contributed by atoms with van der Waals surface area (Å²) in [7, 11) is 0. The van der Waals surface area contributed by atoms with Crippen LogP contribution in [0.2, 0.25) is 0 Å². The highest BCUT2D eigenvalue weighted by Crippen LogP contribution is 2.14. The van der Waals surface area contributed by atoms with E-state index in [2.05, 4.69) is 22.9 Å². The molecule has 3 nitrogen and oxygen atoms in total. The van der Waals surface area contributed by atoms with Gasteiger partial charge in [-0.25, -0.2) is 0 Å². The Kier molecular flexibility index (Phi) is 3.81. The van der Waals surface area contributed by atoms with Crippen molar-refractivity contribution < 1.29 is 4.79 Å². The second-order valence-electron chi connectivity index (χ2n) is 3.65. The van der Waals surface area contributed by atoms with Gasteiger partial charge in [0.25, 0.3) is 5.91 Å². The molecule has 0 aliphatic rings. The van der Waals surface area contributed by atoms with Gasteiger partial charge >= 0.3 is 0 Å². The van der Waals surface area contributed by atoms with Crippen molar-refractivity contribution in [1.82, 2.24) is 10.3 Å². The minimum absolute atomic E-state index is 0.0770. The van der Waals surface area contributed by atoms with Crippen LogP contribution in [0, 0.1) is 6.92 Å². The van der Waals surface area contributed by atoms with E-state index in [9.17, 15) is 4.79 Å². The second kappa shape index (κ2) is 5.33. The highest BCUT2D eigenvalue weighted by molar-refractivity contribution is 7.80. The Morgan fingerprint density at radius 1 is 1.53 bits per heavy atom. The number of nitrogens with one attached hydrogen (secondary N) is 1. The molecular weight excluding hydrogens is 252 g/mol. The molecule has 0 radical (unpaired) electrons.